The van der Waals surface area contributed by atoms with Gasteiger partial charge in [-0.25, -0.2) is 4.79 Å². The molecule has 2 aromatic rings. The molecule has 0 atom stereocenters. The Labute approximate surface area is 192 Å². The van der Waals surface area contributed by atoms with E-state index in [-0.39, 0.29) is 17.3 Å². The van der Waals surface area contributed by atoms with Gasteiger partial charge < -0.3 is 14.8 Å². The lowest BCUT2D eigenvalue weighted by Crippen LogP contribution is -2.40. The van der Waals surface area contributed by atoms with E-state index in [9.17, 15) is 9.59 Å². The summed E-state index contributed by atoms with van der Waals surface area (Å²) in [6, 6.07) is 7.21. The summed E-state index contributed by atoms with van der Waals surface area (Å²) in [6.45, 7) is 4.79. The maximum atomic E-state index is 12.9. The lowest BCUT2D eigenvalue weighted by atomic mass is 9.97. The van der Waals surface area contributed by atoms with Gasteiger partial charge in [0.2, 0.25) is 5.91 Å². The number of amides is 1. The summed E-state index contributed by atoms with van der Waals surface area (Å²) in [5.74, 6) is 0.827. The van der Waals surface area contributed by atoms with E-state index in [2.05, 4.69) is 15.2 Å². The SMILES string of the molecule is COc1ccc(NC(=O)CSc2nc(=O)n(CCN3CCOCC3)c3c2CCCC3)cc1. The number of carbonyl (C=O) groups is 1. The van der Waals surface area contributed by atoms with E-state index in [1.54, 1.807) is 31.4 Å². The van der Waals surface area contributed by atoms with Crippen molar-refractivity contribution in [2.24, 2.45) is 0 Å². The highest BCUT2D eigenvalue weighted by Gasteiger charge is 2.22. The van der Waals surface area contributed by atoms with Crippen molar-refractivity contribution in [3.63, 3.8) is 0 Å². The van der Waals surface area contributed by atoms with Gasteiger partial charge in [0, 0.05) is 43.1 Å². The van der Waals surface area contributed by atoms with E-state index in [0.29, 0.717) is 17.3 Å². The molecule has 2 heterocycles. The van der Waals surface area contributed by atoms with Crippen LogP contribution in [0.15, 0.2) is 34.1 Å². The molecule has 1 aliphatic heterocycles. The summed E-state index contributed by atoms with van der Waals surface area (Å²) >= 11 is 1.35. The molecule has 8 nitrogen and oxygen atoms in total. The number of carbonyl (C=O) groups excluding carboxylic acids is 1. The highest BCUT2D eigenvalue weighted by atomic mass is 32.2. The van der Waals surface area contributed by atoms with Crippen LogP contribution in [0.4, 0.5) is 5.69 Å². The van der Waals surface area contributed by atoms with Crippen LogP contribution in [0, 0.1) is 0 Å². The molecule has 1 aromatic heterocycles. The van der Waals surface area contributed by atoms with Gasteiger partial charge in [-0.3, -0.25) is 14.3 Å². The normalized spacial score (nSPS) is 16.4. The molecule has 0 saturated carbocycles. The van der Waals surface area contributed by atoms with Crippen LogP contribution in [0.5, 0.6) is 5.75 Å². The quantitative estimate of drug-likeness (QED) is 0.479. The number of thioether (sulfide) groups is 1. The number of rotatable bonds is 8. The molecule has 172 valence electrons. The summed E-state index contributed by atoms with van der Waals surface area (Å²) in [6.07, 6.45) is 3.96. The zero-order chi connectivity index (χ0) is 22.3. The average molecular weight is 459 g/mol. The number of morpholine rings is 1. The van der Waals surface area contributed by atoms with Crippen molar-refractivity contribution in [2.75, 3.05) is 51.0 Å². The molecular formula is C23H30N4O4S. The monoisotopic (exact) mass is 458 g/mol. The summed E-state index contributed by atoms with van der Waals surface area (Å²) in [5, 5.41) is 3.59. The van der Waals surface area contributed by atoms with Crippen LogP contribution < -0.4 is 15.7 Å². The minimum Gasteiger partial charge on any atom is -0.497 e. The van der Waals surface area contributed by atoms with E-state index in [0.717, 1.165) is 75.5 Å². The molecule has 1 aliphatic carbocycles. The fraction of sp³-hybridized carbons (Fsp3) is 0.522. The molecule has 0 radical (unpaired) electrons. The van der Waals surface area contributed by atoms with E-state index in [1.165, 1.54) is 11.8 Å². The van der Waals surface area contributed by atoms with Crippen LogP contribution >= 0.6 is 11.8 Å². The number of nitrogens with zero attached hydrogens (tertiary/aromatic N) is 3. The van der Waals surface area contributed by atoms with Crippen molar-refractivity contribution in [3.8, 4) is 5.75 Å². The summed E-state index contributed by atoms with van der Waals surface area (Å²) in [5.41, 5.74) is 2.74. The molecule has 0 spiro atoms. The van der Waals surface area contributed by atoms with Crippen LogP contribution in [0.1, 0.15) is 24.1 Å². The second-order valence-electron chi connectivity index (χ2n) is 8.00. The first-order valence-corrected chi connectivity index (χ1v) is 12.1. The Kier molecular flexibility index (Phi) is 7.83. The minimum atomic E-state index is -0.211. The summed E-state index contributed by atoms with van der Waals surface area (Å²) in [7, 11) is 1.61. The van der Waals surface area contributed by atoms with Crippen LogP contribution in [-0.2, 0) is 28.9 Å². The molecule has 4 rings (SSSR count). The van der Waals surface area contributed by atoms with Crippen LogP contribution in [-0.4, -0.2) is 66.1 Å². The fourth-order valence-corrected chi connectivity index (χ4v) is 5.05. The highest BCUT2D eigenvalue weighted by Crippen LogP contribution is 2.28. The molecule has 1 amide bonds. The molecule has 32 heavy (non-hydrogen) atoms. The Morgan fingerprint density at radius 3 is 2.66 bits per heavy atom. The van der Waals surface area contributed by atoms with Gasteiger partial charge in [-0.05, 0) is 49.9 Å². The molecule has 1 aromatic carbocycles. The van der Waals surface area contributed by atoms with Gasteiger partial charge in [-0.15, -0.1) is 0 Å². The third-order valence-corrected chi connectivity index (χ3v) is 6.93. The number of aromatic nitrogens is 2. The number of ether oxygens (including phenoxy) is 2. The van der Waals surface area contributed by atoms with Crippen LogP contribution in [0.2, 0.25) is 0 Å². The molecule has 1 fully saturated rings. The lowest BCUT2D eigenvalue weighted by Gasteiger charge is -2.28. The summed E-state index contributed by atoms with van der Waals surface area (Å²) < 4.78 is 12.4. The Balaban J connectivity index is 1.42. The van der Waals surface area contributed by atoms with Crippen molar-refractivity contribution in [1.82, 2.24) is 14.5 Å². The minimum absolute atomic E-state index is 0.122. The van der Waals surface area contributed by atoms with Crippen LogP contribution in [0.25, 0.3) is 0 Å². The Morgan fingerprint density at radius 1 is 1.16 bits per heavy atom. The number of methoxy groups -OCH3 is 1. The average Bonchev–Trinajstić information content (AvgIpc) is 2.83. The standard InChI is InChI=1S/C23H30N4O4S/c1-30-18-8-6-17(7-9-18)24-21(28)16-32-22-19-4-2-3-5-20(19)27(23(29)25-22)11-10-26-12-14-31-15-13-26/h6-9H,2-5,10-16H2,1H3,(H,24,28). The third kappa shape index (κ3) is 5.70. The van der Waals surface area contributed by atoms with E-state index >= 15 is 0 Å². The first-order valence-electron chi connectivity index (χ1n) is 11.1. The zero-order valence-corrected chi connectivity index (χ0v) is 19.3. The number of anilines is 1. The second kappa shape index (κ2) is 11.0. The number of nitrogens with one attached hydrogen (secondary N) is 1. The number of hydrogen-bond acceptors (Lipinski definition) is 7. The van der Waals surface area contributed by atoms with E-state index in [1.807, 2.05) is 4.57 Å². The zero-order valence-electron chi connectivity index (χ0n) is 18.5. The predicted molar refractivity (Wildman–Crippen MR) is 125 cm³/mol. The van der Waals surface area contributed by atoms with Gasteiger partial charge in [0.1, 0.15) is 10.8 Å². The molecule has 1 saturated heterocycles. The van der Waals surface area contributed by atoms with E-state index in [4.69, 9.17) is 9.47 Å². The largest absolute Gasteiger partial charge is 0.497 e. The summed E-state index contributed by atoms with van der Waals surface area (Å²) in [4.78, 5) is 32.0. The first-order chi connectivity index (χ1) is 15.6. The topological polar surface area (TPSA) is 85.7 Å². The molecule has 9 heteroatoms. The lowest BCUT2D eigenvalue weighted by molar-refractivity contribution is -0.113. The molecule has 2 aliphatic rings. The van der Waals surface area contributed by atoms with Crippen molar-refractivity contribution >= 4 is 23.4 Å². The molecular weight excluding hydrogens is 428 g/mol. The number of fused-ring (bicyclic) bond motifs is 1. The Hall–Kier alpha value is -2.36. The van der Waals surface area contributed by atoms with E-state index < -0.39 is 0 Å². The van der Waals surface area contributed by atoms with Crippen molar-refractivity contribution in [1.29, 1.82) is 0 Å². The van der Waals surface area contributed by atoms with Crippen molar-refractivity contribution in [2.45, 2.75) is 37.3 Å². The number of benzene rings is 1. The van der Waals surface area contributed by atoms with Gasteiger partial charge in [0.05, 0.1) is 26.1 Å². The maximum Gasteiger partial charge on any atom is 0.348 e. The fourth-order valence-electron chi connectivity index (χ4n) is 4.17. The number of hydrogen-bond donors (Lipinski definition) is 1. The second-order valence-corrected chi connectivity index (χ2v) is 8.97. The van der Waals surface area contributed by atoms with Crippen molar-refractivity contribution in [3.05, 3.63) is 46.0 Å². The molecule has 0 bridgehead atoms. The predicted octanol–water partition coefficient (Wildman–Crippen LogP) is 2.19. The van der Waals surface area contributed by atoms with Crippen molar-refractivity contribution < 1.29 is 14.3 Å². The third-order valence-electron chi connectivity index (χ3n) is 5.91. The maximum absolute atomic E-state index is 12.9. The Morgan fingerprint density at radius 2 is 1.91 bits per heavy atom. The smallest absolute Gasteiger partial charge is 0.348 e. The van der Waals surface area contributed by atoms with Gasteiger partial charge in [-0.1, -0.05) is 11.8 Å². The van der Waals surface area contributed by atoms with Gasteiger partial charge in [-0.2, -0.15) is 4.98 Å². The van der Waals surface area contributed by atoms with Gasteiger partial charge >= 0.3 is 5.69 Å². The first kappa shape index (κ1) is 22.8. The van der Waals surface area contributed by atoms with Gasteiger partial charge in [0.15, 0.2) is 0 Å². The molecule has 1 N–H and O–H groups in total. The Bertz CT molecular complexity index is 987. The van der Waals surface area contributed by atoms with Crippen LogP contribution in [0.3, 0.4) is 0 Å². The van der Waals surface area contributed by atoms with Gasteiger partial charge in [0.25, 0.3) is 0 Å². The highest BCUT2D eigenvalue weighted by molar-refractivity contribution is 8.00. The molecule has 0 unspecified atom stereocenters.